The van der Waals surface area contributed by atoms with E-state index in [-0.39, 0.29) is 5.69 Å². The van der Waals surface area contributed by atoms with E-state index in [9.17, 15) is 10.1 Å². The van der Waals surface area contributed by atoms with Crippen LogP contribution in [0.2, 0.25) is 0 Å². The molecule has 0 fully saturated rings. The number of thiazole rings is 1. The second kappa shape index (κ2) is 8.29. The molecule has 5 rings (SSSR count). The Morgan fingerprint density at radius 3 is 2.42 bits per heavy atom. The number of hydrogen-bond donors (Lipinski definition) is 0. The van der Waals surface area contributed by atoms with Gasteiger partial charge >= 0.3 is 0 Å². The van der Waals surface area contributed by atoms with Crippen molar-refractivity contribution >= 4 is 39.0 Å². The Morgan fingerprint density at radius 1 is 0.935 bits per heavy atom. The lowest BCUT2D eigenvalue weighted by molar-refractivity contribution is -0.384. The molecule has 0 spiro atoms. The summed E-state index contributed by atoms with van der Waals surface area (Å²) in [6, 6.07) is 24.4. The number of nitrogens with zero attached hydrogens (tertiary/aromatic N) is 5. The normalized spacial score (nSPS) is 11.1. The molecule has 0 aliphatic heterocycles. The molecule has 0 radical (unpaired) electrons. The van der Waals surface area contributed by atoms with E-state index < -0.39 is 4.92 Å². The SMILES string of the molecule is O=[N+]([O-])c1ccc(CSc2nc(-c3ccccc3)n(-c3nc4ccccc4s3)n2)cc1. The average molecular weight is 446 g/mol. The zero-order chi connectivity index (χ0) is 21.2. The number of thioether (sulfide) groups is 1. The maximum atomic E-state index is 10.8. The maximum Gasteiger partial charge on any atom is 0.269 e. The second-order valence-electron chi connectivity index (χ2n) is 6.67. The Bertz CT molecular complexity index is 1330. The fraction of sp³-hybridized carbons (Fsp3) is 0.0455. The Kier molecular flexibility index (Phi) is 5.19. The van der Waals surface area contributed by atoms with Gasteiger partial charge in [-0.05, 0) is 17.7 Å². The van der Waals surface area contributed by atoms with Gasteiger partial charge in [0.05, 0.1) is 15.1 Å². The fourth-order valence-corrected chi connectivity index (χ4v) is 4.77. The van der Waals surface area contributed by atoms with Crippen LogP contribution >= 0.6 is 23.1 Å². The monoisotopic (exact) mass is 445 g/mol. The predicted molar refractivity (Wildman–Crippen MR) is 123 cm³/mol. The number of para-hydroxylation sites is 1. The molecule has 0 unspecified atom stereocenters. The minimum Gasteiger partial charge on any atom is -0.258 e. The third-order valence-corrected chi connectivity index (χ3v) is 6.52. The van der Waals surface area contributed by atoms with Crippen LogP contribution in [-0.2, 0) is 5.75 Å². The van der Waals surface area contributed by atoms with Crippen molar-refractivity contribution in [1.82, 2.24) is 19.7 Å². The van der Waals surface area contributed by atoms with Gasteiger partial charge in [0.1, 0.15) is 0 Å². The summed E-state index contributed by atoms with van der Waals surface area (Å²) in [6.07, 6.45) is 0. The van der Waals surface area contributed by atoms with E-state index in [0.717, 1.165) is 32.3 Å². The predicted octanol–water partition coefficient (Wildman–Crippen LogP) is 5.74. The van der Waals surface area contributed by atoms with E-state index in [1.165, 1.54) is 23.9 Å². The molecule has 0 saturated carbocycles. The van der Waals surface area contributed by atoms with Crippen LogP contribution in [-0.4, -0.2) is 24.7 Å². The van der Waals surface area contributed by atoms with Gasteiger partial charge in [-0.2, -0.15) is 4.68 Å². The molecule has 2 aromatic heterocycles. The first-order valence-corrected chi connectivity index (χ1v) is 11.2. The number of fused-ring (bicyclic) bond motifs is 1. The minimum absolute atomic E-state index is 0.0818. The summed E-state index contributed by atoms with van der Waals surface area (Å²) in [5, 5.41) is 16.9. The molecular weight excluding hydrogens is 430 g/mol. The number of benzene rings is 3. The second-order valence-corrected chi connectivity index (χ2v) is 8.62. The quantitative estimate of drug-likeness (QED) is 0.188. The molecule has 3 aromatic carbocycles. The lowest BCUT2D eigenvalue weighted by atomic mass is 10.2. The molecule has 5 aromatic rings. The fourth-order valence-electron chi connectivity index (χ4n) is 3.07. The Hall–Kier alpha value is -3.56. The molecule has 7 nitrogen and oxygen atoms in total. The number of hydrogen-bond acceptors (Lipinski definition) is 7. The zero-order valence-corrected chi connectivity index (χ0v) is 17.7. The van der Waals surface area contributed by atoms with Crippen LogP contribution in [0.5, 0.6) is 0 Å². The molecule has 0 aliphatic carbocycles. The summed E-state index contributed by atoms with van der Waals surface area (Å²) in [5.41, 5.74) is 2.93. The first-order valence-electron chi connectivity index (χ1n) is 9.42. The van der Waals surface area contributed by atoms with Crippen LogP contribution in [0.25, 0.3) is 26.7 Å². The highest BCUT2D eigenvalue weighted by Crippen LogP contribution is 2.30. The Balaban J connectivity index is 1.48. The first-order chi connectivity index (χ1) is 15.2. The van der Waals surface area contributed by atoms with Gasteiger partial charge in [-0.1, -0.05) is 77.7 Å². The van der Waals surface area contributed by atoms with Crippen LogP contribution in [0.3, 0.4) is 0 Å². The lowest BCUT2D eigenvalue weighted by Gasteiger charge is -2.01. The third kappa shape index (κ3) is 4.05. The van der Waals surface area contributed by atoms with Gasteiger partial charge in [-0.25, -0.2) is 9.97 Å². The highest BCUT2D eigenvalue weighted by atomic mass is 32.2. The van der Waals surface area contributed by atoms with Crippen molar-refractivity contribution in [2.24, 2.45) is 0 Å². The molecule has 0 saturated heterocycles. The van der Waals surface area contributed by atoms with E-state index in [0.29, 0.717) is 10.9 Å². The molecule has 0 amide bonds. The summed E-state index contributed by atoms with van der Waals surface area (Å²) in [7, 11) is 0. The van der Waals surface area contributed by atoms with E-state index in [2.05, 4.69) is 0 Å². The van der Waals surface area contributed by atoms with Crippen LogP contribution in [0.4, 0.5) is 5.69 Å². The third-order valence-electron chi connectivity index (χ3n) is 4.60. The van der Waals surface area contributed by atoms with E-state index >= 15 is 0 Å². The van der Waals surface area contributed by atoms with Crippen molar-refractivity contribution < 1.29 is 4.92 Å². The number of rotatable bonds is 6. The molecular formula is C22H15N5O2S2. The summed E-state index contributed by atoms with van der Waals surface area (Å²) in [6.45, 7) is 0. The maximum absolute atomic E-state index is 10.8. The van der Waals surface area contributed by atoms with Gasteiger partial charge in [-0.3, -0.25) is 10.1 Å². The van der Waals surface area contributed by atoms with Crippen LogP contribution in [0, 0.1) is 10.1 Å². The molecule has 0 aliphatic rings. The highest BCUT2D eigenvalue weighted by molar-refractivity contribution is 7.98. The largest absolute Gasteiger partial charge is 0.269 e. The molecule has 0 bridgehead atoms. The van der Waals surface area contributed by atoms with Gasteiger partial charge in [0, 0.05) is 23.4 Å². The Morgan fingerprint density at radius 2 is 1.68 bits per heavy atom. The van der Waals surface area contributed by atoms with E-state index in [1.54, 1.807) is 28.2 Å². The van der Waals surface area contributed by atoms with Crippen LogP contribution in [0.15, 0.2) is 84.0 Å². The molecule has 31 heavy (non-hydrogen) atoms. The molecule has 152 valence electrons. The molecule has 2 heterocycles. The van der Waals surface area contributed by atoms with Crippen LogP contribution in [0.1, 0.15) is 5.56 Å². The number of nitro groups is 1. The standard InChI is InChI=1S/C22H15N5O2S2/c28-27(29)17-12-10-15(11-13-17)14-30-21-24-20(16-6-2-1-3-7-16)26(25-21)22-23-18-8-4-5-9-19(18)31-22/h1-13H,14H2. The van der Waals surface area contributed by atoms with Crippen LogP contribution < -0.4 is 0 Å². The molecule has 0 atom stereocenters. The van der Waals surface area contributed by atoms with Crippen molar-refractivity contribution in [3.63, 3.8) is 0 Å². The van der Waals surface area contributed by atoms with Gasteiger partial charge in [0.2, 0.25) is 10.3 Å². The van der Waals surface area contributed by atoms with Gasteiger partial charge < -0.3 is 0 Å². The smallest absolute Gasteiger partial charge is 0.258 e. The van der Waals surface area contributed by atoms with E-state index in [4.69, 9.17) is 15.1 Å². The zero-order valence-electron chi connectivity index (χ0n) is 16.1. The summed E-state index contributed by atoms with van der Waals surface area (Å²) in [5.74, 6) is 1.33. The lowest BCUT2D eigenvalue weighted by Crippen LogP contribution is -1.98. The van der Waals surface area contributed by atoms with Crippen molar-refractivity contribution in [3.05, 3.63) is 94.5 Å². The summed E-state index contributed by atoms with van der Waals surface area (Å²) < 4.78 is 2.88. The summed E-state index contributed by atoms with van der Waals surface area (Å²) in [4.78, 5) is 19.9. The summed E-state index contributed by atoms with van der Waals surface area (Å²) >= 11 is 3.05. The molecule has 9 heteroatoms. The van der Waals surface area contributed by atoms with Gasteiger partial charge in [0.15, 0.2) is 5.82 Å². The van der Waals surface area contributed by atoms with Gasteiger partial charge in [0.25, 0.3) is 5.69 Å². The molecule has 0 N–H and O–H groups in total. The first kappa shape index (κ1) is 19.4. The topological polar surface area (TPSA) is 86.7 Å². The van der Waals surface area contributed by atoms with Crippen molar-refractivity contribution in [2.45, 2.75) is 10.9 Å². The average Bonchev–Trinajstić information content (AvgIpc) is 3.43. The van der Waals surface area contributed by atoms with E-state index in [1.807, 2.05) is 54.6 Å². The minimum atomic E-state index is -0.399. The highest BCUT2D eigenvalue weighted by Gasteiger charge is 2.17. The number of nitro benzene ring substituents is 1. The van der Waals surface area contributed by atoms with Gasteiger partial charge in [-0.15, -0.1) is 5.10 Å². The van der Waals surface area contributed by atoms with Crippen molar-refractivity contribution in [3.8, 4) is 16.5 Å². The Labute approximate surface area is 185 Å². The van der Waals surface area contributed by atoms with Crippen molar-refractivity contribution in [2.75, 3.05) is 0 Å². The number of aromatic nitrogens is 4. The van der Waals surface area contributed by atoms with Crippen molar-refractivity contribution in [1.29, 1.82) is 0 Å². The number of non-ortho nitro benzene ring substituents is 1.